The Bertz CT molecular complexity index is 362. The van der Waals surface area contributed by atoms with Crippen molar-refractivity contribution in [1.29, 1.82) is 0 Å². The van der Waals surface area contributed by atoms with Crippen molar-refractivity contribution in [3.8, 4) is 0 Å². The van der Waals surface area contributed by atoms with Gasteiger partial charge >= 0.3 is 0 Å². The molecule has 1 aromatic heterocycles. The number of rotatable bonds is 5. The van der Waals surface area contributed by atoms with Crippen molar-refractivity contribution in [2.45, 2.75) is 39.8 Å². The Morgan fingerprint density at radius 2 is 2.35 bits per heavy atom. The maximum atomic E-state index is 8.96. The molecule has 1 fully saturated rings. The number of aliphatic hydroxyl groups is 1. The average molecular weight is 237 g/mol. The van der Waals surface area contributed by atoms with Gasteiger partial charge in [0.25, 0.3) is 0 Å². The summed E-state index contributed by atoms with van der Waals surface area (Å²) in [6.45, 7) is 8.72. The largest absolute Gasteiger partial charge is 0.396 e. The van der Waals surface area contributed by atoms with Crippen LogP contribution in [0.3, 0.4) is 0 Å². The molecule has 0 aromatic carbocycles. The minimum Gasteiger partial charge on any atom is -0.396 e. The summed E-state index contributed by atoms with van der Waals surface area (Å²) >= 11 is 0. The fraction of sp³-hybridized carbons (Fsp3) is 0.769. The summed E-state index contributed by atoms with van der Waals surface area (Å²) in [5.74, 6) is 0.680. The summed E-state index contributed by atoms with van der Waals surface area (Å²) in [6.07, 6.45) is 2.17. The smallest absolute Gasteiger partial charge is 0.0597 e. The molecule has 1 aromatic rings. The van der Waals surface area contributed by atoms with Gasteiger partial charge < -0.3 is 5.11 Å². The van der Waals surface area contributed by atoms with Crippen LogP contribution >= 0.6 is 0 Å². The predicted molar refractivity (Wildman–Crippen MR) is 67.7 cm³/mol. The fourth-order valence-electron chi connectivity index (χ4n) is 2.70. The first-order valence-electron chi connectivity index (χ1n) is 6.59. The maximum absolute atomic E-state index is 8.96. The second kappa shape index (κ2) is 5.65. The van der Waals surface area contributed by atoms with Gasteiger partial charge in [0.1, 0.15) is 0 Å². The molecule has 0 aliphatic carbocycles. The highest BCUT2D eigenvalue weighted by Gasteiger charge is 2.22. The summed E-state index contributed by atoms with van der Waals surface area (Å²) in [6, 6.07) is 2.18. The molecule has 1 N–H and O–H groups in total. The maximum Gasteiger partial charge on any atom is 0.0597 e. The van der Waals surface area contributed by atoms with Gasteiger partial charge in [-0.2, -0.15) is 5.10 Å². The Morgan fingerprint density at radius 3 is 3.06 bits per heavy atom. The van der Waals surface area contributed by atoms with Gasteiger partial charge in [0.05, 0.1) is 11.4 Å². The number of nitrogens with zero attached hydrogens (tertiary/aromatic N) is 3. The molecule has 1 aliphatic rings. The summed E-state index contributed by atoms with van der Waals surface area (Å²) < 4.78 is 2.09. The number of aryl methyl sites for hydroxylation is 2. The van der Waals surface area contributed by atoms with E-state index in [9.17, 15) is 0 Å². The van der Waals surface area contributed by atoms with Crippen LogP contribution in [0.15, 0.2) is 6.07 Å². The van der Waals surface area contributed by atoms with Crippen LogP contribution in [-0.4, -0.2) is 39.5 Å². The van der Waals surface area contributed by atoms with Crippen LogP contribution in [0.2, 0.25) is 0 Å². The van der Waals surface area contributed by atoms with Gasteiger partial charge in [-0.1, -0.05) is 0 Å². The van der Waals surface area contributed by atoms with Crippen LogP contribution in [0.5, 0.6) is 0 Å². The van der Waals surface area contributed by atoms with Gasteiger partial charge in [-0.05, 0) is 45.2 Å². The fourth-order valence-corrected chi connectivity index (χ4v) is 2.70. The van der Waals surface area contributed by atoms with E-state index in [-0.39, 0.29) is 0 Å². The Balaban J connectivity index is 1.93. The van der Waals surface area contributed by atoms with Gasteiger partial charge in [0, 0.05) is 26.2 Å². The third kappa shape index (κ3) is 3.07. The van der Waals surface area contributed by atoms with Crippen molar-refractivity contribution in [1.82, 2.24) is 14.7 Å². The molecule has 1 unspecified atom stereocenters. The molecule has 0 radical (unpaired) electrons. The average Bonchev–Trinajstić information content (AvgIpc) is 2.87. The van der Waals surface area contributed by atoms with E-state index < -0.39 is 0 Å². The van der Waals surface area contributed by atoms with E-state index in [4.69, 9.17) is 5.11 Å². The molecule has 2 heterocycles. The zero-order valence-electron chi connectivity index (χ0n) is 10.9. The molecule has 0 bridgehead atoms. The van der Waals surface area contributed by atoms with E-state index in [1.165, 1.54) is 12.1 Å². The van der Waals surface area contributed by atoms with Crippen LogP contribution in [0.1, 0.15) is 31.2 Å². The van der Waals surface area contributed by atoms with E-state index in [1.807, 2.05) is 6.92 Å². The Kier molecular flexibility index (Phi) is 4.18. The lowest BCUT2D eigenvalue weighted by Crippen LogP contribution is -2.22. The Morgan fingerprint density at radius 1 is 1.53 bits per heavy atom. The minimum absolute atomic E-state index is 0.324. The zero-order chi connectivity index (χ0) is 12.3. The number of aliphatic hydroxyl groups excluding tert-OH is 1. The van der Waals surface area contributed by atoms with Crippen molar-refractivity contribution < 1.29 is 5.11 Å². The van der Waals surface area contributed by atoms with E-state index in [0.717, 1.165) is 38.3 Å². The summed E-state index contributed by atoms with van der Waals surface area (Å²) in [5, 5.41) is 13.4. The first-order valence-corrected chi connectivity index (χ1v) is 6.59. The molecule has 0 amide bonds. The zero-order valence-corrected chi connectivity index (χ0v) is 10.9. The molecule has 1 atom stereocenters. The van der Waals surface area contributed by atoms with E-state index in [2.05, 4.69) is 27.7 Å². The van der Waals surface area contributed by atoms with Crippen molar-refractivity contribution in [2.75, 3.05) is 19.7 Å². The lowest BCUT2D eigenvalue weighted by atomic mass is 10.1. The van der Waals surface area contributed by atoms with Gasteiger partial charge in [-0.15, -0.1) is 0 Å². The lowest BCUT2D eigenvalue weighted by Gasteiger charge is -2.16. The highest BCUT2D eigenvalue weighted by Crippen LogP contribution is 2.21. The van der Waals surface area contributed by atoms with E-state index in [1.54, 1.807) is 0 Å². The molecule has 1 saturated heterocycles. The van der Waals surface area contributed by atoms with E-state index >= 15 is 0 Å². The van der Waals surface area contributed by atoms with Crippen molar-refractivity contribution in [3.63, 3.8) is 0 Å². The third-order valence-corrected chi connectivity index (χ3v) is 3.58. The first-order chi connectivity index (χ1) is 8.22. The van der Waals surface area contributed by atoms with Crippen molar-refractivity contribution in [2.24, 2.45) is 5.92 Å². The van der Waals surface area contributed by atoms with Crippen LogP contribution in [0.25, 0.3) is 0 Å². The highest BCUT2D eigenvalue weighted by atomic mass is 16.3. The molecular weight excluding hydrogens is 214 g/mol. The molecule has 2 rings (SSSR count). The summed E-state index contributed by atoms with van der Waals surface area (Å²) in [4.78, 5) is 2.48. The monoisotopic (exact) mass is 237 g/mol. The van der Waals surface area contributed by atoms with Gasteiger partial charge in [0.15, 0.2) is 0 Å². The second-order valence-electron chi connectivity index (χ2n) is 4.99. The number of hydrogen-bond acceptors (Lipinski definition) is 3. The Labute approximate surface area is 103 Å². The molecule has 1 aliphatic heterocycles. The molecule has 96 valence electrons. The summed E-state index contributed by atoms with van der Waals surface area (Å²) in [7, 11) is 0. The molecular formula is C13H23N3O. The molecule has 4 heteroatoms. The first kappa shape index (κ1) is 12.6. The van der Waals surface area contributed by atoms with Crippen LogP contribution < -0.4 is 0 Å². The normalized spacial score (nSPS) is 21.2. The number of likely N-dealkylation sites (tertiary alicyclic amines) is 1. The quantitative estimate of drug-likeness (QED) is 0.842. The molecule has 17 heavy (non-hydrogen) atoms. The van der Waals surface area contributed by atoms with Crippen LogP contribution in [0.4, 0.5) is 0 Å². The Hall–Kier alpha value is -0.870. The lowest BCUT2D eigenvalue weighted by molar-refractivity contribution is 0.248. The third-order valence-electron chi connectivity index (χ3n) is 3.58. The second-order valence-corrected chi connectivity index (χ2v) is 4.99. The number of aromatic nitrogens is 2. The molecule has 4 nitrogen and oxygen atoms in total. The summed E-state index contributed by atoms with van der Waals surface area (Å²) in [5.41, 5.74) is 2.42. The van der Waals surface area contributed by atoms with Crippen LogP contribution in [-0.2, 0) is 13.1 Å². The molecule has 0 saturated carbocycles. The minimum atomic E-state index is 0.324. The van der Waals surface area contributed by atoms with Crippen molar-refractivity contribution in [3.05, 3.63) is 17.5 Å². The SMILES string of the molecule is CCn1nc(C)cc1CN1CCC(CCO)C1. The predicted octanol–water partition coefficient (Wildman–Crippen LogP) is 1.42. The van der Waals surface area contributed by atoms with Crippen molar-refractivity contribution >= 4 is 0 Å². The van der Waals surface area contributed by atoms with Gasteiger partial charge in [-0.25, -0.2) is 0 Å². The standard InChI is InChI=1S/C13H23N3O/c1-3-16-13(8-11(2)14-16)10-15-6-4-12(9-15)5-7-17/h8,12,17H,3-7,9-10H2,1-2H3. The van der Waals surface area contributed by atoms with Crippen LogP contribution in [0, 0.1) is 12.8 Å². The van der Waals surface area contributed by atoms with Gasteiger partial charge in [0.2, 0.25) is 0 Å². The number of hydrogen-bond donors (Lipinski definition) is 1. The van der Waals surface area contributed by atoms with E-state index in [0.29, 0.717) is 12.5 Å². The molecule has 0 spiro atoms. The topological polar surface area (TPSA) is 41.3 Å². The van der Waals surface area contributed by atoms with Gasteiger partial charge in [-0.3, -0.25) is 9.58 Å². The highest BCUT2D eigenvalue weighted by molar-refractivity contribution is 5.09.